The molecule has 2 unspecified atom stereocenters. The Bertz CT molecular complexity index is 453. The zero-order valence-corrected chi connectivity index (χ0v) is 14.4. The summed E-state index contributed by atoms with van der Waals surface area (Å²) in [6.45, 7) is 14.8. The second-order valence-electron chi connectivity index (χ2n) is 6.92. The van der Waals surface area contributed by atoms with Gasteiger partial charge in [-0.3, -0.25) is 4.90 Å². The fourth-order valence-corrected chi connectivity index (χ4v) is 3.80. The SMILES string of the molecule is CCNC(CN1CCCC1C(C)C)c1ccc(C)cc1C. The van der Waals surface area contributed by atoms with Gasteiger partial charge in [-0.2, -0.15) is 0 Å². The van der Waals surface area contributed by atoms with E-state index < -0.39 is 0 Å². The van der Waals surface area contributed by atoms with Crippen LogP contribution in [0.2, 0.25) is 0 Å². The Labute approximate surface area is 130 Å². The third-order valence-electron chi connectivity index (χ3n) is 4.85. The van der Waals surface area contributed by atoms with Crippen molar-refractivity contribution in [1.82, 2.24) is 10.2 Å². The van der Waals surface area contributed by atoms with Gasteiger partial charge in [-0.05, 0) is 56.8 Å². The molecule has 1 aliphatic heterocycles. The molecule has 0 radical (unpaired) electrons. The van der Waals surface area contributed by atoms with Crippen molar-refractivity contribution in [2.75, 3.05) is 19.6 Å². The van der Waals surface area contributed by atoms with Gasteiger partial charge in [0, 0.05) is 18.6 Å². The van der Waals surface area contributed by atoms with Crippen molar-refractivity contribution in [2.45, 2.75) is 59.5 Å². The van der Waals surface area contributed by atoms with Gasteiger partial charge in [0.2, 0.25) is 0 Å². The van der Waals surface area contributed by atoms with Gasteiger partial charge >= 0.3 is 0 Å². The minimum atomic E-state index is 0.454. The van der Waals surface area contributed by atoms with E-state index in [0.717, 1.165) is 25.0 Å². The summed E-state index contributed by atoms with van der Waals surface area (Å²) < 4.78 is 0. The number of aryl methyl sites for hydroxylation is 2. The molecule has 0 amide bonds. The Kier molecular flexibility index (Phi) is 5.83. The van der Waals surface area contributed by atoms with Crippen molar-refractivity contribution in [3.8, 4) is 0 Å². The van der Waals surface area contributed by atoms with Gasteiger partial charge in [0.1, 0.15) is 0 Å². The molecular weight excluding hydrogens is 256 g/mol. The molecule has 0 aliphatic carbocycles. The maximum absolute atomic E-state index is 3.70. The van der Waals surface area contributed by atoms with Crippen LogP contribution in [0.3, 0.4) is 0 Å². The highest BCUT2D eigenvalue weighted by Gasteiger charge is 2.29. The van der Waals surface area contributed by atoms with E-state index in [-0.39, 0.29) is 0 Å². The van der Waals surface area contributed by atoms with Crippen LogP contribution in [0, 0.1) is 19.8 Å². The molecule has 1 heterocycles. The van der Waals surface area contributed by atoms with Crippen LogP contribution < -0.4 is 5.32 Å². The van der Waals surface area contributed by atoms with Crippen LogP contribution in [0.4, 0.5) is 0 Å². The molecule has 2 heteroatoms. The number of nitrogens with one attached hydrogen (secondary N) is 1. The van der Waals surface area contributed by atoms with Crippen LogP contribution in [0.25, 0.3) is 0 Å². The largest absolute Gasteiger partial charge is 0.309 e. The van der Waals surface area contributed by atoms with Crippen molar-refractivity contribution in [2.24, 2.45) is 5.92 Å². The van der Waals surface area contributed by atoms with Crippen molar-refractivity contribution in [3.05, 3.63) is 34.9 Å². The maximum atomic E-state index is 3.70. The number of rotatable bonds is 6. The molecule has 0 saturated carbocycles. The number of likely N-dealkylation sites (N-methyl/N-ethyl adjacent to an activating group) is 1. The second-order valence-corrected chi connectivity index (χ2v) is 6.92. The molecule has 0 spiro atoms. The minimum Gasteiger partial charge on any atom is -0.309 e. The van der Waals surface area contributed by atoms with Gasteiger partial charge in [0.15, 0.2) is 0 Å². The summed E-state index contributed by atoms with van der Waals surface area (Å²) in [5.41, 5.74) is 4.24. The molecular formula is C19H32N2. The van der Waals surface area contributed by atoms with Crippen LogP contribution in [0.5, 0.6) is 0 Å². The fourth-order valence-electron chi connectivity index (χ4n) is 3.80. The average molecular weight is 288 g/mol. The Hall–Kier alpha value is -0.860. The molecule has 2 nitrogen and oxygen atoms in total. The first-order valence-electron chi connectivity index (χ1n) is 8.57. The van der Waals surface area contributed by atoms with Gasteiger partial charge in [-0.1, -0.05) is 44.5 Å². The maximum Gasteiger partial charge on any atom is 0.0451 e. The molecule has 1 N–H and O–H groups in total. The Morgan fingerprint density at radius 1 is 1.29 bits per heavy atom. The third kappa shape index (κ3) is 4.08. The highest BCUT2D eigenvalue weighted by atomic mass is 15.2. The number of benzene rings is 1. The lowest BCUT2D eigenvalue weighted by atomic mass is 9.97. The zero-order valence-electron chi connectivity index (χ0n) is 14.4. The molecule has 1 aromatic carbocycles. The lowest BCUT2D eigenvalue weighted by molar-refractivity contribution is 0.186. The number of hydrogen-bond acceptors (Lipinski definition) is 2. The Balaban J connectivity index is 2.15. The van der Waals surface area contributed by atoms with E-state index in [1.165, 1.54) is 36.1 Å². The lowest BCUT2D eigenvalue weighted by Crippen LogP contribution is -2.40. The van der Waals surface area contributed by atoms with Gasteiger partial charge in [0.05, 0.1) is 0 Å². The van der Waals surface area contributed by atoms with E-state index >= 15 is 0 Å². The molecule has 1 saturated heterocycles. The predicted octanol–water partition coefficient (Wildman–Crippen LogP) is 4.07. The summed E-state index contributed by atoms with van der Waals surface area (Å²) in [5, 5.41) is 3.70. The van der Waals surface area contributed by atoms with E-state index in [1.807, 2.05) is 0 Å². The van der Waals surface area contributed by atoms with Crippen LogP contribution in [0.15, 0.2) is 18.2 Å². The van der Waals surface area contributed by atoms with E-state index in [9.17, 15) is 0 Å². The summed E-state index contributed by atoms with van der Waals surface area (Å²) in [4.78, 5) is 2.71. The molecule has 2 atom stereocenters. The topological polar surface area (TPSA) is 15.3 Å². The van der Waals surface area contributed by atoms with Gasteiger partial charge < -0.3 is 5.32 Å². The van der Waals surface area contributed by atoms with Crippen molar-refractivity contribution in [3.63, 3.8) is 0 Å². The van der Waals surface area contributed by atoms with Crippen LogP contribution in [-0.4, -0.2) is 30.6 Å². The first-order valence-corrected chi connectivity index (χ1v) is 8.57. The highest BCUT2D eigenvalue weighted by molar-refractivity contribution is 5.33. The van der Waals surface area contributed by atoms with Crippen LogP contribution in [-0.2, 0) is 0 Å². The summed E-state index contributed by atoms with van der Waals surface area (Å²) in [7, 11) is 0. The van der Waals surface area contributed by atoms with Crippen molar-refractivity contribution >= 4 is 0 Å². The molecule has 118 valence electrons. The number of nitrogens with zero attached hydrogens (tertiary/aromatic N) is 1. The lowest BCUT2D eigenvalue weighted by Gasteiger charge is -2.32. The smallest absolute Gasteiger partial charge is 0.0451 e. The predicted molar refractivity (Wildman–Crippen MR) is 91.8 cm³/mol. The normalized spacial score (nSPS) is 21.1. The van der Waals surface area contributed by atoms with Crippen LogP contribution >= 0.6 is 0 Å². The molecule has 0 aromatic heterocycles. The quantitative estimate of drug-likeness (QED) is 0.848. The standard InChI is InChI=1S/C19H32N2/c1-6-20-18(17-10-9-15(4)12-16(17)5)13-21-11-7-8-19(21)14(2)3/h9-10,12,14,18-20H,6-8,11,13H2,1-5H3. The highest BCUT2D eigenvalue weighted by Crippen LogP contribution is 2.27. The van der Waals surface area contributed by atoms with Gasteiger partial charge in [0.25, 0.3) is 0 Å². The minimum absolute atomic E-state index is 0.454. The summed E-state index contributed by atoms with van der Waals surface area (Å²) in [6, 6.07) is 8.09. The second kappa shape index (κ2) is 7.42. The molecule has 2 rings (SSSR count). The van der Waals surface area contributed by atoms with Gasteiger partial charge in [-0.25, -0.2) is 0 Å². The molecule has 1 aliphatic rings. The molecule has 21 heavy (non-hydrogen) atoms. The molecule has 1 fully saturated rings. The monoisotopic (exact) mass is 288 g/mol. The van der Waals surface area contributed by atoms with Gasteiger partial charge in [-0.15, -0.1) is 0 Å². The van der Waals surface area contributed by atoms with E-state index in [0.29, 0.717) is 6.04 Å². The van der Waals surface area contributed by atoms with E-state index in [1.54, 1.807) is 0 Å². The molecule has 0 bridgehead atoms. The fraction of sp³-hybridized carbons (Fsp3) is 0.684. The average Bonchev–Trinajstić information content (AvgIpc) is 2.86. The van der Waals surface area contributed by atoms with Crippen molar-refractivity contribution in [1.29, 1.82) is 0 Å². The Morgan fingerprint density at radius 3 is 2.67 bits per heavy atom. The Morgan fingerprint density at radius 2 is 2.05 bits per heavy atom. The third-order valence-corrected chi connectivity index (χ3v) is 4.85. The summed E-state index contributed by atoms with van der Waals surface area (Å²) >= 11 is 0. The summed E-state index contributed by atoms with van der Waals surface area (Å²) in [5.74, 6) is 0.758. The molecule has 1 aromatic rings. The van der Waals surface area contributed by atoms with E-state index in [2.05, 4.69) is 63.0 Å². The number of hydrogen-bond donors (Lipinski definition) is 1. The summed E-state index contributed by atoms with van der Waals surface area (Å²) in [6.07, 6.45) is 2.72. The first-order chi connectivity index (χ1) is 10.0. The number of likely N-dealkylation sites (tertiary alicyclic amines) is 1. The van der Waals surface area contributed by atoms with E-state index in [4.69, 9.17) is 0 Å². The van der Waals surface area contributed by atoms with Crippen LogP contribution in [0.1, 0.15) is 56.3 Å². The zero-order chi connectivity index (χ0) is 15.4. The first kappa shape index (κ1) is 16.5. The van der Waals surface area contributed by atoms with Crippen molar-refractivity contribution < 1.29 is 0 Å².